The van der Waals surface area contributed by atoms with Crippen LogP contribution in [-0.4, -0.2) is 51.3 Å². The van der Waals surface area contributed by atoms with E-state index in [2.05, 4.69) is 17.6 Å². The van der Waals surface area contributed by atoms with E-state index in [4.69, 9.17) is 10.2 Å². The van der Waals surface area contributed by atoms with Gasteiger partial charge in [0.15, 0.2) is 0 Å². The van der Waals surface area contributed by atoms with Crippen LogP contribution in [0.4, 0.5) is 4.79 Å². The zero-order chi connectivity index (χ0) is 15.8. The van der Waals surface area contributed by atoms with Crippen LogP contribution in [0, 0.1) is 0 Å². The third-order valence-electron chi connectivity index (χ3n) is 3.40. The van der Waals surface area contributed by atoms with Crippen LogP contribution >= 0.6 is 11.8 Å². The highest BCUT2D eigenvalue weighted by Crippen LogP contribution is 2.29. The van der Waals surface area contributed by atoms with Gasteiger partial charge >= 0.3 is 18.0 Å². The largest absolute Gasteiger partial charge is 0.481 e. The molecule has 1 aliphatic rings. The Hall–Kier alpha value is -1.44. The topological polar surface area (TPSA) is 116 Å². The van der Waals surface area contributed by atoms with Crippen LogP contribution < -0.4 is 10.6 Å². The molecule has 0 aromatic carbocycles. The standard InChI is InChI=1S/C13H22N2O5S/c1-2-21-10-5-3-4-8(10)14-13(20)15-9(12(18)19)6-7-11(16)17/h8-10H,2-7H2,1H3,(H,16,17)(H,18,19)(H2,14,15,20)/t8?,9-,10?/m0/s1. The van der Waals surface area contributed by atoms with Gasteiger partial charge in [0.2, 0.25) is 0 Å². The molecule has 1 aliphatic carbocycles. The summed E-state index contributed by atoms with van der Waals surface area (Å²) in [6.07, 6.45) is 2.55. The van der Waals surface area contributed by atoms with E-state index >= 15 is 0 Å². The molecule has 0 aliphatic heterocycles. The molecular weight excluding hydrogens is 296 g/mol. The van der Waals surface area contributed by atoms with Gasteiger partial charge in [-0.05, 0) is 25.0 Å². The lowest BCUT2D eigenvalue weighted by Gasteiger charge is -2.22. The minimum absolute atomic E-state index is 0.0452. The van der Waals surface area contributed by atoms with Gasteiger partial charge in [0, 0.05) is 17.7 Å². The zero-order valence-electron chi connectivity index (χ0n) is 12.0. The van der Waals surface area contributed by atoms with Crippen LogP contribution in [0.5, 0.6) is 0 Å². The van der Waals surface area contributed by atoms with Gasteiger partial charge in [-0.1, -0.05) is 13.3 Å². The maximum atomic E-state index is 11.9. The lowest BCUT2D eigenvalue weighted by molar-refractivity contribution is -0.140. The summed E-state index contributed by atoms with van der Waals surface area (Å²) in [5.74, 6) is -1.34. The Morgan fingerprint density at radius 1 is 1.29 bits per heavy atom. The van der Waals surface area contributed by atoms with Gasteiger partial charge < -0.3 is 20.8 Å². The Labute approximate surface area is 127 Å². The summed E-state index contributed by atoms with van der Waals surface area (Å²) in [6.45, 7) is 2.06. The molecule has 4 N–H and O–H groups in total. The van der Waals surface area contributed by atoms with Gasteiger partial charge in [0.05, 0.1) is 0 Å². The molecule has 0 spiro atoms. The maximum absolute atomic E-state index is 11.9. The number of rotatable bonds is 8. The predicted octanol–water partition coefficient (Wildman–Crippen LogP) is 1.28. The maximum Gasteiger partial charge on any atom is 0.326 e. The summed E-state index contributed by atoms with van der Waals surface area (Å²) < 4.78 is 0. The van der Waals surface area contributed by atoms with E-state index in [-0.39, 0.29) is 18.9 Å². The quantitative estimate of drug-likeness (QED) is 0.536. The Morgan fingerprint density at radius 3 is 2.57 bits per heavy atom. The van der Waals surface area contributed by atoms with Crippen LogP contribution in [0.25, 0.3) is 0 Å². The van der Waals surface area contributed by atoms with Gasteiger partial charge in [0.25, 0.3) is 0 Å². The third-order valence-corrected chi connectivity index (χ3v) is 4.73. The van der Waals surface area contributed by atoms with Crippen molar-refractivity contribution in [1.82, 2.24) is 10.6 Å². The Balaban J connectivity index is 2.46. The molecule has 1 rings (SSSR count). The summed E-state index contributed by atoms with van der Waals surface area (Å²) >= 11 is 1.79. The van der Waals surface area contributed by atoms with E-state index in [1.807, 2.05) is 0 Å². The number of hydrogen-bond donors (Lipinski definition) is 4. The molecule has 0 aromatic heterocycles. The smallest absolute Gasteiger partial charge is 0.326 e. The average molecular weight is 318 g/mol. The predicted molar refractivity (Wildman–Crippen MR) is 79.5 cm³/mol. The monoisotopic (exact) mass is 318 g/mol. The average Bonchev–Trinajstić information content (AvgIpc) is 2.81. The van der Waals surface area contributed by atoms with Gasteiger partial charge in [-0.25, -0.2) is 9.59 Å². The first-order valence-electron chi connectivity index (χ1n) is 7.07. The molecule has 21 heavy (non-hydrogen) atoms. The van der Waals surface area contributed by atoms with Gasteiger partial charge in [-0.3, -0.25) is 4.79 Å². The number of carboxylic acid groups (broad SMARTS) is 2. The molecule has 120 valence electrons. The molecule has 8 heteroatoms. The second kappa shape index (κ2) is 8.76. The number of nitrogens with one attached hydrogen (secondary N) is 2. The summed E-state index contributed by atoms with van der Waals surface area (Å²) in [4.78, 5) is 33.4. The molecule has 1 fully saturated rings. The molecular formula is C13H22N2O5S. The molecule has 0 heterocycles. The zero-order valence-corrected chi connectivity index (χ0v) is 12.8. The fourth-order valence-corrected chi connectivity index (χ4v) is 3.60. The minimum Gasteiger partial charge on any atom is -0.481 e. The van der Waals surface area contributed by atoms with Crippen LogP contribution in [0.2, 0.25) is 0 Å². The summed E-state index contributed by atoms with van der Waals surface area (Å²) in [7, 11) is 0. The Kier molecular flexibility index (Phi) is 7.35. The van der Waals surface area contributed by atoms with Crippen molar-refractivity contribution in [2.75, 3.05) is 5.75 Å². The van der Waals surface area contributed by atoms with E-state index in [1.165, 1.54) is 0 Å². The minimum atomic E-state index is -1.22. The number of urea groups is 1. The highest BCUT2D eigenvalue weighted by Gasteiger charge is 2.29. The number of amides is 2. The molecule has 0 aromatic rings. The third kappa shape index (κ3) is 6.24. The second-order valence-corrected chi connectivity index (χ2v) is 6.49. The van der Waals surface area contributed by atoms with Gasteiger partial charge in [0.1, 0.15) is 6.04 Å². The summed E-state index contributed by atoms with van der Waals surface area (Å²) in [5, 5.41) is 23.1. The van der Waals surface area contributed by atoms with E-state index in [1.54, 1.807) is 11.8 Å². The molecule has 2 unspecified atom stereocenters. The SMILES string of the molecule is CCSC1CCCC1NC(=O)N[C@@H](CCC(=O)O)C(=O)O. The lowest BCUT2D eigenvalue weighted by Crippen LogP contribution is -2.50. The van der Waals surface area contributed by atoms with Crippen molar-refractivity contribution in [1.29, 1.82) is 0 Å². The number of aliphatic carboxylic acids is 2. The van der Waals surface area contributed by atoms with Crippen LogP contribution in [0.1, 0.15) is 39.0 Å². The normalized spacial score (nSPS) is 22.5. The number of thioether (sulfide) groups is 1. The fraction of sp³-hybridized carbons (Fsp3) is 0.769. The number of carbonyl (C=O) groups is 3. The molecule has 0 bridgehead atoms. The molecule has 1 saturated carbocycles. The molecule has 0 radical (unpaired) electrons. The van der Waals surface area contributed by atoms with Gasteiger partial charge in [-0.2, -0.15) is 11.8 Å². The van der Waals surface area contributed by atoms with Crippen molar-refractivity contribution in [2.45, 2.75) is 56.4 Å². The number of carboxylic acids is 2. The van der Waals surface area contributed by atoms with Crippen molar-refractivity contribution in [3.05, 3.63) is 0 Å². The highest BCUT2D eigenvalue weighted by molar-refractivity contribution is 7.99. The Morgan fingerprint density at radius 2 is 2.00 bits per heavy atom. The van der Waals surface area contributed by atoms with E-state index in [9.17, 15) is 14.4 Å². The second-order valence-electron chi connectivity index (χ2n) is 4.97. The fourth-order valence-electron chi connectivity index (χ4n) is 2.40. The van der Waals surface area contributed by atoms with Crippen LogP contribution in [0.3, 0.4) is 0 Å². The van der Waals surface area contributed by atoms with Crippen molar-refractivity contribution in [2.24, 2.45) is 0 Å². The Bertz CT molecular complexity index is 391. The van der Waals surface area contributed by atoms with Crippen molar-refractivity contribution in [3.8, 4) is 0 Å². The molecule has 0 saturated heterocycles. The van der Waals surface area contributed by atoms with Crippen molar-refractivity contribution in [3.63, 3.8) is 0 Å². The van der Waals surface area contributed by atoms with E-state index in [0.717, 1.165) is 25.0 Å². The molecule has 3 atom stereocenters. The summed E-state index contributed by atoms with van der Waals surface area (Å²) in [5.41, 5.74) is 0. The van der Waals surface area contributed by atoms with Crippen LogP contribution in [0.15, 0.2) is 0 Å². The van der Waals surface area contributed by atoms with Gasteiger partial charge in [-0.15, -0.1) is 0 Å². The highest BCUT2D eigenvalue weighted by atomic mass is 32.2. The van der Waals surface area contributed by atoms with E-state index in [0.29, 0.717) is 5.25 Å². The first-order chi connectivity index (χ1) is 9.93. The van der Waals surface area contributed by atoms with E-state index < -0.39 is 24.0 Å². The molecule has 2 amide bonds. The first-order valence-corrected chi connectivity index (χ1v) is 8.12. The number of carbonyl (C=O) groups excluding carboxylic acids is 1. The van der Waals surface area contributed by atoms with Crippen molar-refractivity contribution >= 4 is 29.7 Å². The lowest BCUT2D eigenvalue weighted by atomic mass is 10.1. The molecule has 7 nitrogen and oxygen atoms in total. The summed E-state index contributed by atoms with van der Waals surface area (Å²) in [6, 6.07) is -1.68. The number of hydrogen-bond acceptors (Lipinski definition) is 4. The van der Waals surface area contributed by atoms with Crippen LogP contribution in [-0.2, 0) is 9.59 Å². The first kappa shape index (κ1) is 17.6. The van der Waals surface area contributed by atoms with Crippen molar-refractivity contribution < 1.29 is 24.6 Å².